The quantitative estimate of drug-likeness (QED) is 0.486. The molecular formula is C9H13BrN2S. The minimum absolute atomic E-state index is 0.237. The molecule has 72 valence electrons. The van der Waals surface area contributed by atoms with Crippen molar-refractivity contribution in [3.63, 3.8) is 0 Å². The number of hydrazine groups is 1. The van der Waals surface area contributed by atoms with Crippen LogP contribution in [0.2, 0.25) is 0 Å². The molecule has 1 unspecified atom stereocenters. The topological polar surface area (TPSA) is 38.0 Å². The molecule has 1 rings (SSSR count). The molecule has 4 heteroatoms. The Morgan fingerprint density at radius 3 is 3.00 bits per heavy atom. The van der Waals surface area contributed by atoms with Crippen LogP contribution in [0.3, 0.4) is 0 Å². The number of nitrogens with one attached hydrogen (secondary N) is 1. The minimum Gasteiger partial charge on any atom is -0.271 e. The van der Waals surface area contributed by atoms with Gasteiger partial charge in [0.2, 0.25) is 0 Å². The molecule has 13 heavy (non-hydrogen) atoms. The average Bonchev–Trinajstić information content (AvgIpc) is 2.54. The predicted octanol–water partition coefficient (Wildman–Crippen LogP) is 2.98. The summed E-state index contributed by atoms with van der Waals surface area (Å²) >= 11 is 5.10. The Kier molecular flexibility index (Phi) is 4.66. The normalized spacial score (nSPS) is 12.8. The van der Waals surface area contributed by atoms with E-state index < -0.39 is 0 Å². The summed E-state index contributed by atoms with van der Waals surface area (Å²) in [6.45, 7) is 3.69. The number of halogens is 1. The van der Waals surface area contributed by atoms with Gasteiger partial charge in [-0.05, 0) is 45.8 Å². The first-order chi connectivity index (χ1) is 6.27. The summed E-state index contributed by atoms with van der Waals surface area (Å²) in [6, 6.07) is 2.33. The molecule has 0 fully saturated rings. The van der Waals surface area contributed by atoms with Crippen molar-refractivity contribution in [3.05, 3.63) is 33.5 Å². The first-order valence-electron chi connectivity index (χ1n) is 4.09. The second kappa shape index (κ2) is 5.54. The number of thiophene rings is 1. The van der Waals surface area contributed by atoms with Crippen LogP contribution in [0.25, 0.3) is 0 Å². The molecule has 2 nitrogen and oxygen atoms in total. The fourth-order valence-corrected chi connectivity index (χ4v) is 2.37. The Morgan fingerprint density at radius 1 is 1.77 bits per heavy atom. The van der Waals surface area contributed by atoms with Crippen molar-refractivity contribution in [1.29, 1.82) is 0 Å². The molecule has 0 amide bonds. The predicted molar refractivity (Wildman–Crippen MR) is 61.5 cm³/mol. The van der Waals surface area contributed by atoms with E-state index in [-0.39, 0.29) is 6.04 Å². The molecule has 1 heterocycles. The Labute approximate surface area is 90.9 Å². The van der Waals surface area contributed by atoms with Gasteiger partial charge < -0.3 is 0 Å². The van der Waals surface area contributed by atoms with Gasteiger partial charge in [-0.2, -0.15) is 0 Å². The minimum atomic E-state index is 0.237. The molecule has 0 aliphatic rings. The third kappa shape index (κ3) is 3.23. The van der Waals surface area contributed by atoms with Gasteiger partial charge in [0.05, 0.1) is 3.79 Å². The van der Waals surface area contributed by atoms with Gasteiger partial charge in [0.15, 0.2) is 0 Å². The molecule has 1 aromatic heterocycles. The molecule has 3 N–H and O–H groups in total. The van der Waals surface area contributed by atoms with E-state index >= 15 is 0 Å². The third-order valence-corrected chi connectivity index (χ3v) is 3.37. The van der Waals surface area contributed by atoms with E-state index in [9.17, 15) is 0 Å². The van der Waals surface area contributed by atoms with Crippen molar-refractivity contribution >= 4 is 27.3 Å². The first kappa shape index (κ1) is 10.9. The van der Waals surface area contributed by atoms with Gasteiger partial charge in [-0.25, -0.2) is 0 Å². The van der Waals surface area contributed by atoms with Crippen LogP contribution in [0.5, 0.6) is 0 Å². The highest BCUT2D eigenvalue weighted by Gasteiger charge is 2.09. The lowest BCUT2D eigenvalue weighted by atomic mass is 10.1. The molecule has 0 aromatic carbocycles. The maximum Gasteiger partial charge on any atom is 0.0701 e. The van der Waals surface area contributed by atoms with E-state index in [1.165, 1.54) is 5.56 Å². The largest absolute Gasteiger partial charge is 0.271 e. The molecule has 1 aromatic rings. The monoisotopic (exact) mass is 260 g/mol. The van der Waals surface area contributed by atoms with Crippen LogP contribution in [0, 0.1) is 0 Å². The van der Waals surface area contributed by atoms with Crippen LogP contribution >= 0.6 is 27.3 Å². The van der Waals surface area contributed by atoms with Crippen molar-refractivity contribution in [3.8, 4) is 0 Å². The van der Waals surface area contributed by atoms with Crippen LogP contribution < -0.4 is 11.3 Å². The average molecular weight is 261 g/mol. The summed E-state index contributed by atoms with van der Waals surface area (Å²) in [6.07, 6.45) is 3.87. The highest BCUT2D eigenvalue weighted by Crippen LogP contribution is 2.27. The summed E-state index contributed by atoms with van der Waals surface area (Å²) in [5.41, 5.74) is 4.04. The Bertz CT molecular complexity index is 272. The summed E-state index contributed by atoms with van der Waals surface area (Å²) < 4.78 is 1.14. The number of nitrogens with two attached hydrogens (primary N) is 1. The van der Waals surface area contributed by atoms with Gasteiger partial charge >= 0.3 is 0 Å². The van der Waals surface area contributed by atoms with Crippen LogP contribution in [-0.2, 0) is 0 Å². The number of allylic oxidation sites excluding steroid dienone is 1. The standard InChI is InChI=1S/C9H13BrN2S/c1-2-3-4-8(12-11)7-5-9(10)13-6-7/h2,5-6,8,12H,1,3-4,11H2. The van der Waals surface area contributed by atoms with Gasteiger partial charge in [0, 0.05) is 6.04 Å². The van der Waals surface area contributed by atoms with Crippen molar-refractivity contribution in [2.45, 2.75) is 18.9 Å². The van der Waals surface area contributed by atoms with Gasteiger partial charge in [-0.1, -0.05) is 6.08 Å². The van der Waals surface area contributed by atoms with Crippen molar-refractivity contribution < 1.29 is 0 Å². The Hall–Kier alpha value is -0.160. The molecule has 0 aliphatic heterocycles. The molecule has 0 spiro atoms. The lowest BCUT2D eigenvalue weighted by Crippen LogP contribution is -2.27. The fourth-order valence-electron chi connectivity index (χ4n) is 1.14. The SMILES string of the molecule is C=CCCC(NN)c1csc(Br)c1. The Morgan fingerprint density at radius 2 is 2.54 bits per heavy atom. The van der Waals surface area contributed by atoms with E-state index in [1.54, 1.807) is 11.3 Å². The maximum absolute atomic E-state index is 5.46. The van der Waals surface area contributed by atoms with Gasteiger partial charge in [0.25, 0.3) is 0 Å². The molecule has 0 saturated heterocycles. The van der Waals surface area contributed by atoms with Crippen LogP contribution in [0.1, 0.15) is 24.4 Å². The van der Waals surface area contributed by atoms with Gasteiger partial charge in [-0.3, -0.25) is 11.3 Å². The molecular weight excluding hydrogens is 248 g/mol. The van der Waals surface area contributed by atoms with E-state index in [1.807, 2.05) is 6.08 Å². The van der Waals surface area contributed by atoms with Crippen LogP contribution in [0.15, 0.2) is 27.9 Å². The third-order valence-electron chi connectivity index (χ3n) is 1.85. The summed E-state index contributed by atoms with van der Waals surface area (Å²) in [5, 5.41) is 2.11. The number of hydrogen-bond acceptors (Lipinski definition) is 3. The van der Waals surface area contributed by atoms with Gasteiger partial charge in [-0.15, -0.1) is 17.9 Å². The van der Waals surface area contributed by atoms with E-state index in [0.717, 1.165) is 16.6 Å². The van der Waals surface area contributed by atoms with E-state index in [4.69, 9.17) is 5.84 Å². The second-order valence-electron chi connectivity index (χ2n) is 2.77. The van der Waals surface area contributed by atoms with E-state index in [2.05, 4.69) is 39.4 Å². The summed E-state index contributed by atoms with van der Waals surface area (Å²) in [5.74, 6) is 5.46. The van der Waals surface area contributed by atoms with Crippen molar-refractivity contribution in [2.75, 3.05) is 0 Å². The Balaban J connectivity index is 2.60. The zero-order valence-electron chi connectivity index (χ0n) is 7.29. The second-order valence-corrected chi connectivity index (χ2v) is 5.06. The lowest BCUT2D eigenvalue weighted by molar-refractivity contribution is 0.522. The highest BCUT2D eigenvalue weighted by molar-refractivity contribution is 9.11. The van der Waals surface area contributed by atoms with Crippen molar-refractivity contribution in [1.82, 2.24) is 5.43 Å². The molecule has 0 saturated carbocycles. The van der Waals surface area contributed by atoms with Gasteiger partial charge in [0.1, 0.15) is 0 Å². The molecule has 0 aliphatic carbocycles. The highest BCUT2D eigenvalue weighted by atomic mass is 79.9. The summed E-state index contributed by atoms with van der Waals surface area (Å²) in [7, 11) is 0. The molecule has 1 atom stereocenters. The zero-order valence-corrected chi connectivity index (χ0v) is 9.70. The van der Waals surface area contributed by atoms with Crippen LogP contribution in [0.4, 0.5) is 0 Å². The lowest BCUT2D eigenvalue weighted by Gasteiger charge is -2.12. The van der Waals surface area contributed by atoms with Crippen LogP contribution in [-0.4, -0.2) is 0 Å². The smallest absolute Gasteiger partial charge is 0.0701 e. The number of rotatable bonds is 5. The maximum atomic E-state index is 5.46. The summed E-state index contributed by atoms with van der Waals surface area (Å²) in [4.78, 5) is 0. The van der Waals surface area contributed by atoms with E-state index in [0.29, 0.717) is 0 Å². The number of hydrogen-bond donors (Lipinski definition) is 2. The zero-order chi connectivity index (χ0) is 9.68. The molecule has 0 radical (unpaired) electrons. The first-order valence-corrected chi connectivity index (χ1v) is 5.76. The fraction of sp³-hybridized carbons (Fsp3) is 0.333. The molecule has 0 bridgehead atoms. The van der Waals surface area contributed by atoms with Crippen molar-refractivity contribution in [2.24, 2.45) is 5.84 Å².